The number of nitrogens with zero attached hydrogens (tertiary/aromatic N) is 2. The molecule has 1 amide bonds. The van der Waals surface area contributed by atoms with Gasteiger partial charge in [-0.1, -0.05) is 24.3 Å². The van der Waals surface area contributed by atoms with Crippen LogP contribution in [0.1, 0.15) is 34.3 Å². The van der Waals surface area contributed by atoms with E-state index in [1.54, 1.807) is 0 Å². The maximum Gasteiger partial charge on any atom is 0.254 e. The van der Waals surface area contributed by atoms with Gasteiger partial charge in [-0.2, -0.15) is 0 Å². The molecule has 0 unspecified atom stereocenters. The number of aliphatic hydroxyl groups excluding tert-OH is 1. The molecule has 4 heteroatoms. The minimum Gasteiger partial charge on any atom is -0.393 e. The van der Waals surface area contributed by atoms with Gasteiger partial charge in [-0.15, -0.1) is 0 Å². The molecular weight excluding hydrogens is 312 g/mol. The average molecular weight is 336 g/mol. The van der Waals surface area contributed by atoms with Gasteiger partial charge in [-0.25, -0.2) is 0 Å². The summed E-state index contributed by atoms with van der Waals surface area (Å²) in [6, 6.07) is 16.3. The summed E-state index contributed by atoms with van der Waals surface area (Å²) in [5.41, 5.74) is 4.49. The van der Waals surface area contributed by atoms with Crippen molar-refractivity contribution in [1.29, 1.82) is 0 Å². The molecule has 0 aliphatic carbocycles. The van der Waals surface area contributed by atoms with Gasteiger partial charge in [0.15, 0.2) is 0 Å². The van der Waals surface area contributed by atoms with E-state index in [-0.39, 0.29) is 12.0 Å². The first-order valence-electron chi connectivity index (χ1n) is 9.10. The van der Waals surface area contributed by atoms with Crippen LogP contribution in [0.15, 0.2) is 48.5 Å². The number of hydrogen-bond donors (Lipinski definition) is 1. The fourth-order valence-electron chi connectivity index (χ4n) is 3.79. The molecule has 1 fully saturated rings. The number of fused-ring (bicyclic) bond motifs is 1. The van der Waals surface area contributed by atoms with E-state index in [9.17, 15) is 9.90 Å². The summed E-state index contributed by atoms with van der Waals surface area (Å²) >= 11 is 0. The van der Waals surface area contributed by atoms with Gasteiger partial charge < -0.3 is 14.9 Å². The van der Waals surface area contributed by atoms with Gasteiger partial charge in [-0.05, 0) is 54.7 Å². The van der Waals surface area contributed by atoms with Crippen molar-refractivity contribution in [1.82, 2.24) is 4.90 Å². The molecule has 0 saturated carbocycles. The highest BCUT2D eigenvalue weighted by molar-refractivity contribution is 5.94. The van der Waals surface area contributed by atoms with Crippen molar-refractivity contribution in [3.05, 3.63) is 65.2 Å². The highest BCUT2D eigenvalue weighted by atomic mass is 16.3. The van der Waals surface area contributed by atoms with Crippen LogP contribution in [0.25, 0.3) is 0 Å². The third-order valence-electron chi connectivity index (χ3n) is 5.36. The van der Waals surface area contributed by atoms with E-state index in [1.165, 1.54) is 11.1 Å². The smallest absolute Gasteiger partial charge is 0.254 e. The van der Waals surface area contributed by atoms with E-state index in [1.807, 2.05) is 35.2 Å². The van der Waals surface area contributed by atoms with Crippen molar-refractivity contribution < 1.29 is 9.90 Å². The summed E-state index contributed by atoms with van der Waals surface area (Å²) in [7, 11) is 0. The van der Waals surface area contributed by atoms with Crippen LogP contribution in [-0.4, -0.2) is 41.7 Å². The molecule has 25 heavy (non-hydrogen) atoms. The Hall–Kier alpha value is -2.33. The average Bonchev–Trinajstić information content (AvgIpc) is 2.68. The Labute approximate surface area is 148 Å². The van der Waals surface area contributed by atoms with Gasteiger partial charge in [0, 0.05) is 37.4 Å². The number of hydrogen-bond acceptors (Lipinski definition) is 3. The Kier molecular flexibility index (Phi) is 4.45. The van der Waals surface area contributed by atoms with Crippen LogP contribution in [0.5, 0.6) is 0 Å². The Morgan fingerprint density at radius 3 is 2.32 bits per heavy atom. The van der Waals surface area contributed by atoms with Crippen molar-refractivity contribution in [2.24, 2.45) is 0 Å². The van der Waals surface area contributed by atoms with Crippen LogP contribution in [-0.2, 0) is 13.0 Å². The normalized spacial score (nSPS) is 18.1. The first-order valence-corrected chi connectivity index (χ1v) is 9.10. The zero-order valence-electron chi connectivity index (χ0n) is 14.4. The molecule has 1 N–H and O–H groups in total. The molecule has 0 aromatic heterocycles. The van der Waals surface area contributed by atoms with Crippen molar-refractivity contribution in [3.63, 3.8) is 0 Å². The number of carbonyl (C=O) groups is 1. The summed E-state index contributed by atoms with van der Waals surface area (Å²) in [6.45, 7) is 3.22. The molecule has 2 heterocycles. The van der Waals surface area contributed by atoms with E-state index < -0.39 is 0 Å². The molecule has 2 aliphatic rings. The molecule has 130 valence electrons. The Morgan fingerprint density at radius 2 is 1.60 bits per heavy atom. The molecule has 0 radical (unpaired) electrons. The topological polar surface area (TPSA) is 43.8 Å². The van der Waals surface area contributed by atoms with Gasteiger partial charge in [-0.3, -0.25) is 4.79 Å². The van der Waals surface area contributed by atoms with E-state index >= 15 is 0 Å². The maximum absolute atomic E-state index is 12.8. The second kappa shape index (κ2) is 6.89. The SMILES string of the molecule is O=C(c1ccc(N2CCC(O)CC2)cc1)N1CCc2ccccc2C1. The zero-order chi connectivity index (χ0) is 17.2. The molecule has 0 bridgehead atoms. The lowest BCUT2D eigenvalue weighted by Crippen LogP contribution is -2.36. The van der Waals surface area contributed by atoms with Crippen LogP contribution >= 0.6 is 0 Å². The zero-order valence-corrected chi connectivity index (χ0v) is 14.4. The number of carbonyl (C=O) groups excluding carboxylic acids is 1. The van der Waals surface area contributed by atoms with Gasteiger partial charge >= 0.3 is 0 Å². The minimum absolute atomic E-state index is 0.107. The predicted molar refractivity (Wildman–Crippen MR) is 98.8 cm³/mol. The maximum atomic E-state index is 12.8. The molecule has 4 nitrogen and oxygen atoms in total. The fraction of sp³-hybridized carbons (Fsp3) is 0.381. The summed E-state index contributed by atoms with van der Waals surface area (Å²) < 4.78 is 0. The number of anilines is 1. The number of amides is 1. The van der Waals surface area contributed by atoms with Gasteiger partial charge in [0.25, 0.3) is 5.91 Å². The first kappa shape index (κ1) is 16.2. The van der Waals surface area contributed by atoms with E-state index in [0.29, 0.717) is 6.54 Å². The largest absolute Gasteiger partial charge is 0.393 e. The molecule has 0 atom stereocenters. The van der Waals surface area contributed by atoms with Crippen LogP contribution in [0.3, 0.4) is 0 Å². The monoisotopic (exact) mass is 336 g/mol. The number of benzene rings is 2. The number of rotatable bonds is 2. The number of aliphatic hydroxyl groups is 1. The summed E-state index contributed by atoms with van der Waals surface area (Å²) in [4.78, 5) is 17.0. The number of piperidine rings is 1. The van der Waals surface area contributed by atoms with Crippen LogP contribution in [0.4, 0.5) is 5.69 Å². The molecule has 2 aromatic carbocycles. The van der Waals surface area contributed by atoms with Crippen LogP contribution in [0.2, 0.25) is 0 Å². The molecule has 2 aromatic rings. The Bertz CT molecular complexity index is 749. The van der Waals surface area contributed by atoms with E-state index in [4.69, 9.17) is 0 Å². The van der Waals surface area contributed by atoms with Crippen molar-refractivity contribution in [3.8, 4) is 0 Å². The predicted octanol–water partition coefficient (Wildman–Crippen LogP) is 2.85. The van der Waals surface area contributed by atoms with Gasteiger partial charge in [0.05, 0.1) is 6.10 Å². The second-order valence-electron chi connectivity index (χ2n) is 7.01. The highest BCUT2D eigenvalue weighted by Crippen LogP contribution is 2.23. The van der Waals surface area contributed by atoms with Gasteiger partial charge in [0.2, 0.25) is 0 Å². The third-order valence-corrected chi connectivity index (χ3v) is 5.36. The lowest BCUT2D eigenvalue weighted by Gasteiger charge is -2.32. The highest BCUT2D eigenvalue weighted by Gasteiger charge is 2.22. The second-order valence-corrected chi connectivity index (χ2v) is 7.01. The van der Waals surface area contributed by atoms with Crippen molar-refractivity contribution in [2.75, 3.05) is 24.5 Å². The third kappa shape index (κ3) is 3.40. The van der Waals surface area contributed by atoms with Crippen LogP contribution < -0.4 is 4.90 Å². The summed E-state index contributed by atoms with van der Waals surface area (Å²) in [5.74, 6) is 0.107. The van der Waals surface area contributed by atoms with Crippen molar-refractivity contribution >= 4 is 11.6 Å². The Balaban J connectivity index is 1.44. The summed E-state index contributed by atoms with van der Waals surface area (Å²) in [6.07, 6.45) is 2.39. The summed E-state index contributed by atoms with van der Waals surface area (Å²) in [5, 5.41) is 9.63. The standard InChI is InChI=1S/C21H24N2O2/c24-20-10-13-22(14-11-20)19-7-5-17(6-8-19)21(25)23-12-9-16-3-1-2-4-18(16)15-23/h1-8,20,24H,9-15H2. The van der Waals surface area contributed by atoms with Crippen LogP contribution in [0, 0.1) is 0 Å². The molecule has 4 rings (SSSR count). The molecule has 2 aliphatic heterocycles. The van der Waals surface area contributed by atoms with Gasteiger partial charge in [0.1, 0.15) is 0 Å². The fourth-order valence-corrected chi connectivity index (χ4v) is 3.79. The van der Waals surface area contributed by atoms with E-state index in [0.717, 1.165) is 50.1 Å². The quantitative estimate of drug-likeness (QED) is 0.917. The Morgan fingerprint density at radius 1 is 0.920 bits per heavy atom. The lowest BCUT2D eigenvalue weighted by atomic mass is 9.99. The first-order chi connectivity index (χ1) is 12.2. The molecule has 1 saturated heterocycles. The van der Waals surface area contributed by atoms with Crippen molar-refractivity contribution in [2.45, 2.75) is 31.9 Å². The molecule has 0 spiro atoms. The minimum atomic E-state index is -0.168. The lowest BCUT2D eigenvalue weighted by molar-refractivity contribution is 0.0734. The van der Waals surface area contributed by atoms with E-state index in [2.05, 4.69) is 23.1 Å². The molecular formula is C21H24N2O2.